The van der Waals surface area contributed by atoms with E-state index in [2.05, 4.69) is 26.6 Å². The summed E-state index contributed by atoms with van der Waals surface area (Å²) in [6.45, 7) is 7.35. The van der Waals surface area contributed by atoms with Gasteiger partial charge < -0.3 is 19.6 Å². The van der Waals surface area contributed by atoms with Crippen LogP contribution < -0.4 is 5.32 Å². The topological polar surface area (TPSA) is 84.8 Å². The van der Waals surface area contributed by atoms with Gasteiger partial charge in [-0.05, 0) is 44.9 Å². The molecule has 2 N–H and O–H groups in total. The molecule has 1 aromatic carbocycles. The minimum atomic E-state index is -0.250. The molecule has 26 heavy (non-hydrogen) atoms. The summed E-state index contributed by atoms with van der Waals surface area (Å²) >= 11 is 0. The average Bonchev–Trinajstić information content (AvgIpc) is 3.20. The number of fused-ring (bicyclic) bond motifs is 1. The van der Waals surface area contributed by atoms with Crippen LogP contribution in [-0.2, 0) is 11.3 Å². The Balaban J connectivity index is 1.76. The molecular weight excluding hydrogens is 330 g/mol. The van der Waals surface area contributed by atoms with Gasteiger partial charge in [-0.3, -0.25) is 4.79 Å². The van der Waals surface area contributed by atoms with Crippen molar-refractivity contribution in [3.05, 3.63) is 47.2 Å². The van der Waals surface area contributed by atoms with E-state index in [1.165, 1.54) is 5.56 Å². The fourth-order valence-electron chi connectivity index (χ4n) is 3.15. The molecule has 0 spiro atoms. The zero-order chi connectivity index (χ0) is 18.7. The standard InChI is InChI=1S/C19H25N5O2/c1-12-6-7-16-15(10-12)13(2)17(22-16)19(25)21-14(3)18-23-20-11-24(18)8-5-9-26-4/h6-7,10-11,14,22H,5,8-9H2,1-4H3,(H,21,25)/t14-/m1/s1. The number of aromatic nitrogens is 4. The summed E-state index contributed by atoms with van der Waals surface area (Å²) in [6.07, 6.45) is 2.55. The zero-order valence-corrected chi connectivity index (χ0v) is 15.7. The van der Waals surface area contributed by atoms with E-state index in [0.29, 0.717) is 12.3 Å². The molecule has 0 unspecified atom stereocenters. The number of amides is 1. The van der Waals surface area contributed by atoms with E-state index in [4.69, 9.17) is 4.74 Å². The largest absolute Gasteiger partial charge is 0.385 e. The van der Waals surface area contributed by atoms with Crippen LogP contribution in [0, 0.1) is 13.8 Å². The number of aromatic amines is 1. The van der Waals surface area contributed by atoms with E-state index in [-0.39, 0.29) is 11.9 Å². The highest BCUT2D eigenvalue weighted by Crippen LogP contribution is 2.23. The SMILES string of the molecule is COCCCn1cnnc1[C@@H](C)NC(=O)c1[nH]c2ccc(C)cc2c1C. The van der Waals surface area contributed by atoms with E-state index in [0.717, 1.165) is 35.3 Å². The molecule has 0 aliphatic carbocycles. The lowest BCUT2D eigenvalue weighted by atomic mass is 10.1. The van der Waals surface area contributed by atoms with Gasteiger partial charge in [-0.15, -0.1) is 10.2 Å². The van der Waals surface area contributed by atoms with Gasteiger partial charge in [0.25, 0.3) is 5.91 Å². The maximum Gasteiger partial charge on any atom is 0.268 e. The number of methoxy groups -OCH3 is 1. The number of nitrogens with zero attached hydrogens (tertiary/aromatic N) is 3. The quantitative estimate of drug-likeness (QED) is 0.638. The predicted molar refractivity (Wildman–Crippen MR) is 100 cm³/mol. The highest BCUT2D eigenvalue weighted by molar-refractivity contribution is 6.01. The minimum Gasteiger partial charge on any atom is -0.385 e. The molecule has 2 aromatic heterocycles. The molecule has 1 amide bonds. The zero-order valence-electron chi connectivity index (χ0n) is 15.7. The van der Waals surface area contributed by atoms with E-state index in [1.54, 1.807) is 13.4 Å². The molecule has 3 rings (SSSR count). The first-order chi connectivity index (χ1) is 12.5. The van der Waals surface area contributed by atoms with Crippen molar-refractivity contribution in [2.75, 3.05) is 13.7 Å². The molecule has 0 bridgehead atoms. The first-order valence-electron chi connectivity index (χ1n) is 8.77. The van der Waals surface area contributed by atoms with E-state index < -0.39 is 0 Å². The molecule has 7 nitrogen and oxygen atoms in total. The number of hydrogen-bond donors (Lipinski definition) is 2. The van der Waals surface area contributed by atoms with Crippen molar-refractivity contribution in [1.82, 2.24) is 25.1 Å². The molecule has 1 atom stereocenters. The van der Waals surface area contributed by atoms with Gasteiger partial charge >= 0.3 is 0 Å². The van der Waals surface area contributed by atoms with Gasteiger partial charge in [0, 0.05) is 31.2 Å². The molecule has 0 fully saturated rings. The molecule has 0 aliphatic rings. The summed E-state index contributed by atoms with van der Waals surface area (Å²) in [4.78, 5) is 16.0. The molecule has 3 aromatic rings. The molecule has 0 saturated heterocycles. The summed E-state index contributed by atoms with van der Waals surface area (Å²) in [5.41, 5.74) is 3.68. The molecule has 138 valence electrons. The third-order valence-corrected chi connectivity index (χ3v) is 4.57. The lowest BCUT2D eigenvalue weighted by Crippen LogP contribution is -2.29. The van der Waals surface area contributed by atoms with Crippen molar-refractivity contribution in [2.45, 2.75) is 39.8 Å². The molecule has 7 heteroatoms. The highest BCUT2D eigenvalue weighted by Gasteiger charge is 2.20. The Bertz CT molecular complexity index is 912. The Morgan fingerprint density at radius 2 is 2.19 bits per heavy atom. The van der Waals surface area contributed by atoms with Crippen LogP contribution in [-0.4, -0.2) is 39.4 Å². The van der Waals surface area contributed by atoms with Crippen LogP contribution in [0.25, 0.3) is 10.9 Å². The van der Waals surface area contributed by atoms with E-state index in [1.807, 2.05) is 37.5 Å². The monoisotopic (exact) mass is 355 g/mol. The number of carbonyl (C=O) groups is 1. The van der Waals surface area contributed by atoms with Gasteiger partial charge in [-0.25, -0.2) is 0 Å². The second-order valence-electron chi connectivity index (χ2n) is 6.60. The number of H-pyrrole nitrogens is 1. The molecular formula is C19H25N5O2. The lowest BCUT2D eigenvalue weighted by Gasteiger charge is -2.14. The second-order valence-corrected chi connectivity index (χ2v) is 6.60. The van der Waals surface area contributed by atoms with Crippen molar-refractivity contribution >= 4 is 16.8 Å². The number of rotatable bonds is 7. The summed E-state index contributed by atoms with van der Waals surface area (Å²) in [7, 11) is 1.68. The fraction of sp³-hybridized carbons (Fsp3) is 0.421. The van der Waals surface area contributed by atoms with Crippen LogP contribution in [0.2, 0.25) is 0 Å². The number of carbonyl (C=O) groups excluding carboxylic acids is 1. The first kappa shape index (κ1) is 18.1. The first-order valence-corrected chi connectivity index (χ1v) is 8.77. The summed E-state index contributed by atoms with van der Waals surface area (Å²) in [5.74, 6) is 0.592. The Morgan fingerprint density at radius 1 is 1.38 bits per heavy atom. The van der Waals surface area contributed by atoms with Crippen LogP contribution in [0.5, 0.6) is 0 Å². The van der Waals surface area contributed by atoms with Crippen LogP contribution in [0.1, 0.15) is 46.8 Å². The molecule has 0 saturated carbocycles. The molecule has 2 heterocycles. The Hall–Kier alpha value is -2.67. The Kier molecular flexibility index (Phi) is 5.37. The van der Waals surface area contributed by atoms with E-state index in [9.17, 15) is 4.79 Å². The predicted octanol–water partition coefficient (Wildman–Crippen LogP) is 2.90. The smallest absolute Gasteiger partial charge is 0.268 e. The number of aryl methyl sites for hydroxylation is 3. The third-order valence-electron chi connectivity index (χ3n) is 4.57. The van der Waals surface area contributed by atoms with Gasteiger partial charge in [0.1, 0.15) is 12.0 Å². The number of hydrogen-bond acceptors (Lipinski definition) is 4. The Labute approximate surface area is 152 Å². The third kappa shape index (κ3) is 3.62. The highest BCUT2D eigenvalue weighted by atomic mass is 16.5. The van der Waals surface area contributed by atoms with Crippen molar-refractivity contribution in [2.24, 2.45) is 0 Å². The van der Waals surface area contributed by atoms with Gasteiger partial charge in [-0.2, -0.15) is 0 Å². The van der Waals surface area contributed by atoms with Gasteiger partial charge in [-0.1, -0.05) is 11.6 Å². The van der Waals surface area contributed by atoms with Crippen LogP contribution >= 0.6 is 0 Å². The summed E-state index contributed by atoms with van der Waals surface area (Å²) < 4.78 is 7.03. The van der Waals surface area contributed by atoms with Crippen molar-refractivity contribution in [3.8, 4) is 0 Å². The van der Waals surface area contributed by atoms with Crippen LogP contribution in [0.15, 0.2) is 24.5 Å². The summed E-state index contributed by atoms with van der Waals surface area (Å²) in [6, 6.07) is 5.88. The summed E-state index contributed by atoms with van der Waals surface area (Å²) in [5, 5.41) is 12.2. The fourth-order valence-corrected chi connectivity index (χ4v) is 3.15. The van der Waals surface area contributed by atoms with E-state index >= 15 is 0 Å². The molecule has 0 aliphatic heterocycles. The van der Waals surface area contributed by atoms with Crippen LogP contribution in [0.4, 0.5) is 0 Å². The lowest BCUT2D eigenvalue weighted by molar-refractivity contribution is 0.0932. The van der Waals surface area contributed by atoms with Crippen molar-refractivity contribution < 1.29 is 9.53 Å². The van der Waals surface area contributed by atoms with Crippen molar-refractivity contribution in [1.29, 1.82) is 0 Å². The average molecular weight is 355 g/mol. The van der Waals surface area contributed by atoms with Gasteiger partial charge in [0.15, 0.2) is 5.82 Å². The minimum absolute atomic E-state index is 0.143. The Morgan fingerprint density at radius 3 is 2.96 bits per heavy atom. The second kappa shape index (κ2) is 7.70. The number of ether oxygens (including phenoxy) is 1. The normalized spacial score (nSPS) is 12.5. The maximum atomic E-state index is 12.8. The number of nitrogens with one attached hydrogen (secondary N) is 2. The molecule has 0 radical (unpaired) electrons. The van der Waals surface area contributed by atoms with Gasteiger partial charge in [0.2, 0.25) is 0 Å². The maximum absolute atomic E-state index is 12.8. The van der Waals surface area contributed by atoms with Crippen molar-refractivity contribution in [3.63, 3.8) is 0 Å². The number of benzene rings is 1. The van der Waals surface area contributed by atoms with Crippen LogP contribution in [0.3, 0.4) is 0 Å². The van der Waals surface area contributed by atoms with Gasteiger partial charge in [0.05, 0.1) is 6.04 Å².